The minimum atomic E-state index is -3.82. The molecule has 0 aliphatic heterocycles. The van der Waals surface area contributed by atoms with Crippen molar-refractivity contribution in [2.75, 3.05) is 13.1 Å². The van der Waals surface area contributed by atoms with E-state index in [-0.39, 0.29) is 36.2 Å². The number of nitrogens with one attached hydrogen (secondary N) is 1. The van der Waals surface area contributed by atoms with Crippen LogP contribution in [0, 0.1) is 0 Å². The van der Waals surface area contributed by atoms with Gasteiger partial charge < -0.3 is 9.73 Å². The number of hydrogen-bond acceptors (Lipinski definition) is 4. The standard InChI is InChI=1S/C29H29BrN2O4S/c30-25-13-15-27(16-14-25)37(34,35)32(22-26-12-7-21-36-26)20-18-29(33)31-19-17-28(23-8-3-1-4-9-23)24-10-5-2-6-11-24/h1-16,21,28H,17-20,22H2,(H,31,33). The van der Waals surface area contributed by atoms with Gasteiger partial charge in [0.25, 0.3) is 0 Å². The molecular formula is C29H29BrN2O4S. The van der Waals surface area contributed by atoms with Gasteiger partial charge in [-0.3, -0.25) is 4.79 Å². The maximum Gasteiger partial charge on any atom is 0.243 e. The summed E-state index contributed by atoms with van der Waals surface area (Å²) in [7, 11) is -3.82. The average molecular weight is 582 g/mol. The molecule has 4 rings (SSSR count). The first kappa shape index (κ1) is 26.9. The second kappa shape index (κ2) is 12.9. The quantitative estimate of drug-likeness (QED) is 0.224. The summed E-state index contributed by atoms with van der Waals surface area (Å²) < 4.78 is 34.1. The molecule has 8 heteroatoms. The van der Waals surface area contributed by atoms with Gasteiger partial charge in [0.1, 0.15) is 5.76 Å². The van der Waals surface area contributed by atoms with Gasteiger partial charge in [-0.05, 0) is 53.9 Å². The van der Waals surface area contributed by atoms with Gasteiger partial charge in [0.05, 0.1) is 17.7 Å². The molecule has 0 aliphatic rings. The van der Waals surface area contributed by atoms with E-state index in [2.05, 4.69) is 45.5 Å². The lowest BCUT2D eigenvalue weighted by Gasteiger charge is -2.22. The fraction of sp³-hybridized carbons (Fsp3) is 0.207. The second-order valence-electron chi connectivity index (χ2n) is 8.63. The summed E-state index contributed by atoms with van der Waals surface area (Å²) in [5.74, 6) is 0.459. The van der Waals surface area contributed by atoms with Gasteiger partial charge in [-0.25, -0.2) is 8.42 Å². The highest BCUT2D eigenvalue weighted by Gasteiger charge is 2.26. The molecule has 1 amide bonds. The van der Waals surface area contributed by atoms with Crippen LogP contribution in [0.4, 0.5) is 0 Å². The second-order valence-corrected chi connectivity index (χ2v) is 11.5. The van der Waals surface area contributed by atoms with E-state index in [0.717, 1.165) is 10.9 Å². The molecule has 6 nitrogen and oxygen atoms in total. The maximum absolute atomic E-state index is 13.3. The molecule has 37 heavy (non-hydrogen) atoms. The minimum Gasteiger partial charge on any atom is -0.468 e. The van der Waals surface area contributed by atoms with Crippen molar-refractivity contribution in [3.05, 3.63) is 125 Å². The Balaban J connectivity index is 1.39. The van der Waals surface area contributed by atoms with Gasteiger partial charge in [-0.2, -0.15) is 4.31 Å². The Morgan fingerprint density at radius 2 is 1.49 bits per heavy atom. The summed E-state index contributed by atoms with van der Waals surface area (Å²) in [6.07, 6.45) is 2.27. The van der Waals surface area contributed by atoms with E-state index in [1.54, 1.807) is 36.4 Å². The monoisotopic (exact) mass is 580 g/mol. The number of amides is 1. The SMILES string of the molecule is O=C(CCN(Cc1ccco1)S(=O)(=O)c1ccc(Br)cc1)NCCC(c1ccccc1)c1ccccc1. The number of rotatable bonds is 12. The van der Waals surface area contributed by atoms with Gasteiger partial charge in [-0.15, -0.1) is 0 Å². The molecular weight excluding hydrogens is 552 g/mol. The summed E-state index contributed by atoms with van der Waals surface area (Å²) in [4.78, 5) is 12.9. The zero-order chi connectivity index (χ0) is 26.1. The van der Waals surface area contributed by atoms with Crippen LogP contribution < -0.4 is 5.32 Å². The van der Waals surface area contributed by atoms with E-state index in [9.17, 15) is 13.2 Å². The Bertz CT molecular complexity index is 1320. The number of furan rings is 1. The Morgan fingerprint density at radius 1 is 0.865 bits per heavy atom. The fourth-order valence-corrected chi connectivity index (χ4v) is 5.85. The fourth-order valence-electron chi connectivity index (χ4n) is 4.18. The number of nitrogens with zero attached hydrogens (tertiary/aromatic N) is 1. The number of hydrogen-bond donors (Lipinski definition) is 1. The van der Waals surface area contributed by atoms with Crippen LogP contribution in [0.5, 0.6) is 0 Å². The van der Waals surface area contributed by atoms with Crippen molar-refractivity contribution < 1.29 is 17.6 Å². The molecule has 0 saturated carbocycles. The molecule has 1 aromatic heterocycles. The van der Waals surface area contributed by atoms with Gasteiger partial charge in [0, 0.05) is 29.9 Å². The third kappa shape index (κ3) is 7.41. The largest absolute Gasteiger partial charge is 0.468 e. The molecule has 0 bridgehead atoms. The van der Waals surface area contributed by atoms with Crippen LogP contribution in [-0.4, -0.2) is 31.7 Å². The average Bonchev–Trinajstić information content (AvgIpc) is 3.43. The van der Waals surface area contributed by atoms with Gasteiger partial charge in [0.15, 0.2) is 0 Å². The lowest BCUT2D eigenvalue weighted by Crippen LogP contribution is -2.35. The molecule has 0 saturated heterocycles. The van der Waals surface area contributed by atoms with Crippen LogP contribution in [0.3, 0.4) is 0 Å². The molecule has 4 aromatic rings. The molecule has 3 aromatic carbocycles. The molecule has 1 heterocycles. The van der Waals surface area contributed by atoms with Crippen LogP contribution in [0.2, 0.25) is 0 Å². The highest BCUT2D eigenvalue weighted by atomic mass is 79.9. The molecule has 0 radical (unpaired) electrons. The predicted octanol–water partition coefficient (Wildman–Crippen LogP) is 5.96. The molecule has 0 spiro atoms. The van der Waals surface area contributed by atoms with Crippen molar-refractivity contribution in [1.82, 2.24) is 9.62 Å². The predicted molar refractivity (Wildman–Crippen MR) is 147 cm³/mol. The highest BCUT2D eigenvalue weighted by Crippen LogP contribution is 2.27. The molecule has 1 N–H and O–H groups in total. The topological polar surface area (TPSA) is 79.6 Å². The third-order valence-corrected chi connectivity index (χ3v) is 8.50. The first-order valence-corrected chi connectivity index (χ1v) is 14.3. The zero-order valence-corrected chi connectivity index (χ0v) is 22.7. The van der Waals surface area contributed by atoms with Gasteiger partial charge in [-0.1, -0.05) is 76.6 Å². The van der Waals surface area contributed by atoms with E-state index >= 15 is 0 Å². The van der Waals surface area contributed by atoms with E-state index in [4.69, 9.17) is 4.42 Å². The maximum atomic E-state index is 13.3. The summed E-state index contributed by atoms with van der Waals surface area (Å²) in [5.41, 5.74) is 2.38. The Morgan fingerprint density at radius 3 is 2.05 bits per heavy atom. The van der Waals surface area contributed by atoms with Gasteiger partial charge >= 0.3 is 0 Å². The normalized spacial score (nSPS) is 11.6. The first-order valence-electron chi connectivity index (χ1n) is 12.1. The van der Waals surface area contributed by atoms with Crippen LogP contribution in [0.1, 0.15) is 35.6 Å². The summed E-state index contributed by atoms with van der Waals surface area (Å²) in [5, 5.41) is 2.98. The third-order valence-electron chi connectivity index (χ3n) is 6.11. The number of carbonyl (C=O) groups is 1. The summed E-state index contributed by atoms with van der Waals surface area (Å²) >= 11 is 3.34. The molecule has 0 unspecified atom stereocenters. The van der Waals surface area contributed by atoms with E-state index in [1.165, 1.54) is 21.7 Å². The van der Waals surface area contributed by atoms with E-state index < -0.39 is 10.0 Å². The van der Waals surface area contributed by atoms with Crippen molar-refractivity contribution in [3.8, 4) is 0 Å². The lowest BCUT2D eigenvalue weighted by atomic mass is 9.88. The minimum absolute atomic E-state index is 0.0335. The number of carbonyl (C=O) groups excluding carboxylic acids is 1. The van der Waals surface area contributed by atoms with Crippen molar-refractivity contribution in [3.63, 3.8) is 0 Å². The van der Waals surface area contributed by atoms with Crippen LogP contribution in [0.15, 0.2) is 117 Å². The first-order chi connectivity index (χ1) is 17.9. The molecule has 0 aliphatic carbocycles. The van der Waals surface area contributed by atoms with Crippen molar-refractivity contribution in [1.29, 1.82) is 0 Å². The van der Waals surface area contributed by atoms with Crippen molar-refractivity contribution in [2.45, 2.75) is 30.2 Å². The lowest BCUT2D eigenvalue weighted by molar-refractivity contribution is -0.121. The van der Waals surface area contributed by atoms with Crippen molar-refractivity contribution >= 4 is 31.9 Å². The Labute approximate surface area is 226 Å². The number of benzene rings is 3. The number of halogens is 1. The summed E-state index contributed by atoms with van der Waals surface area (Å²) in [6, 6.07) is 30.3. The summed E-state index contributed by atoms with van der Waals surface area (Å²) in [6.45, 7) is 0.555. The Kier molecular flexibility index (Phi) is 9.33. The highest BCUT2D eigenvalue weighted by molar-refractivity contribution is 9.10. The molecule has 0 fully saturated rings. The number of sulfonamides is 1. The van der Waals surface area contributed by atoms with Crippen molar-refractivity contribution in [2.24, 2.45) is 0 Å². The van der Waals surface area contributed by atoms with Crippen LogP contribution >= 0.6 is 15.9 Å². The Hall–Kier alpha value is -3.20. The van der Waals surface area contributed by atoms with Crippen LogP contribution in [-0.2, 0) is 21.4 Å². The van der Waals surface area contributed by atoms with Gasteiger partial charge in [0.2, 0.25) is 15.9 Å². The molecule has 192 valence electrons. The van der Waals surface area contributed by atoms with E-state index in [1.807, 2.05) is 36.4 Å². The van der Waals surface area contributed by atoms with Crippen LogP contribution in [0.25, 0.3) is 0 Å². The smallest absolute Gasteiger partial charge is 0.243 e. The van der Waals surface area contributed by atoms with E-state index in [0.29, 0.717) is 12.3 Å². The zero-order valence-electron chi connectivity index (χ0n) is 20.3. The molecule has 0 atom stereocenters.